The van der Waals surface area contributed by atoms with Crippen LogP contribution in [0.1, 0.15) is 18.4 Å². The van der Waals surface area contributed by atoms with Gasteiger partial charge in [-0.25, -0.2) is 0 Å². The summed E-state index contributed by atoms with van der Waals surface area (Å²) in [7, 11) is 0. The molecule has 1 aliphatic rings. The van der Waals surface area contributed by atoms with Gasteiger partial charge in [0.25, 0.3) is 0 Å². The summed E-state index contributed by atoms with van der Waals surface area (Å²) < 4.78 is 5.33. The van der Waals surface area contributed by atoms with Gasteiger partial charge < -0.3 is 15.2 Å². The molecule has 2 N–H and O–H groups in total. The Balaban J connectivity index is 1.98. The second kappa shape index (κ2) is 6.39. The van der Waals surface area contributed by atoms with Gasteiger partial charge >= 0.3 is 0 Å². The molecular formula is C14H18BrNO3. The number of phenolic OH excluding ortho intramolecular Hbond substituents is 1. The molecule has 1 aliphatic heterocycles. The second-order valence-electron chi connectivity index (χ2n) is 4.88. The van der Waals surface area contributed by atoms with Crippen LogP contribution in [0.25, 0.3) is 0 Å². The third-order valence-electron chi connectivity index (χ3n) is 3.45. The lowest BCUT2D eigenvalue weighted by atomic mass is 9.92. The van der Waals surface area contributed by atoms with Crippen LogP contribution in [-0.4, -0.2) is 35.1 Å². The van der Waals surface area contributed by atoms with E-state index in [1.54, 1.807) is 18.2 Å². The number of halogens is 1. The zero-order chi connectivity index (χ0) is 13.7. The quantitative estimate of drug-likeness (QED) is 0.831. The van der Waals surface area contributed by atoms with Gasteiger partial charge in [-0.1, -0.05) is 34.1 Å². The Kier molecular flexibility index (Phi) is 4.82. The van der Waals surface area contributed by atoms with Gasteiger partial charge in [0, 0.05) is 24.1 Å². The fraction of sp³-hybridized carbons (Fsp3) is 0.500. The van der Waals surface area contributed by atoms with E-state index in [2.05, 4.69) is 21.2 Å². The van der Waals surface area contributed by atoms with Gasteiger partial charge in [0.15, 0.2) is 0 Å². The van der Waals surface area contributed by atoms with Crippen molar-refractivity contribution in [3.8, 4) is 5.75 Å². The minimum absolute atomic E-state index is 0.0668. The molecule has 4 nitrogen and oxygen atoms in total. The topological polar surface area (TPSA) is 58.6 Å². The van der Waals surface area contributed by atoms with E-state index in [4.69, 9.17) is 4.74 Å². The van der Waals surface area contributed by atoms with Crippen molar-refractivity contribution >= 4 is 21.8 Å². The molecular weight excluding hydrogens is 310 g/mol. The van der Waals surface area contributed by atoms with Crippen LogP contribution < -0.4 is 5.32 Å². The highest BCUT2D eigenvalue weighted by Gasteiger charge is 2.33. The Morgan fingerprint density at radius 2 is 2.05 bits per heavy atom. The number of rotatable bonds is 4. The maximum Gasteiger partial charge on any atom is 0.225 e. The molecule has 0 atom stereocenters. The number of carbonyl (C=O) groups excluding carboxylic acids is 1. The van der Waals surface area contributed by atoms with Gasteiger partial charge in [0.1, 0.15) is 5.75 Å². The average molecular weight is 328 g/mol. The van der Waals surface area contributed by atoms with Gasteiger partial charge in [-0.05, 0) is 18.9 Å². The third-order valence-corrected chi connectivity index (χ3v) is 4.53. The Morgan fingerprint density at radius 1 is 1.37 bits per heavy atom. The summed E-state index contributed by atoms with van der Waals surface area (Å²) in [5.74, 6) is 0.0976. The first-order chi connectivity index (χ1) is 9.15. The molecule has 5 heteroatoms. The number of aromatic hydroxyl groups is 1. The monoisotopic (exact) mass is 327 g/mol. The van der Waals surface area contributed by atoms with Crippen LogP contribution in [0.4, 0.5) is 0 Å². The van der Waals surface area contributed by atoms with Gasteiger partial charge in [-0.3, -0.25) is 4.79 Å². The van der Waals surface area contributed by atoms with Gasteiger partial charge in [0.2, 0.25) is 5.91 Å². The molecule has 19 heavy (non-hydrogen) atoms. The summed E-state index contributed by atoms with van der Waals surface area (Å²) in [5.41, 5.74) is 0.427. The largest absolute Gasteiger partial charge is 0.508 e. The number of amides is 1. The van der Waals surface area contributed by atoms with Crippen molar-refractivity contribution in [1.82, 2.24) is 5.32 Å². The molecule has 0 aliphatic carbocycles. The van der Waals surface area contributed by atoms with Crippen LogP contribution in [0.5, 0.6) is 5.75 Å². The number of ether oxygens (including phenoxy) is 1. The minimum atomic E-state index is -0.222. The van der Waals surface area contributed by atoms with E-state index in [0.717, 1.165) is 18.2 Å². The molecule has 0 unspecified atom stereocenters. The Labute approximate surface area is 121 Å². The molecule has 0 spiro atoms. The molecule has 0 radical (unpaired) electrons. The van der Waals surface area contributed by atoms with E-state index < -0.39 is 0 Å². The predicted octanol–water partition coefficient (Wildman–Crippen LogP) is 1.99. The molecule has 0 saturated carbocycles. The Morgan fingerprint density at radius 3 is 2.68 bits per heavy atom. The zero-order valence-corrected chi connectivity index (χ0v) is 12.3. The third kappa shape index (κ3) is 3.70. The van der Waals surface area contributed by atoms with Crippen molar-refractivity contribution < 1.29 is 14.6 Å². The normalized spacial score (nSPS) is 17.9. The van der Waals surface area contributed by atoms with Crippen molar-refractivity contribution in [3.05, 3.63) is 29.8 Å². The van der Waals surface area contributed by atoms with Crippen LogP contribution in [0.2, 0.25) is 0 Å². The number of nitrogens with one attached hydrogen (secondary N) is 1. The smallest absolute Gasteiger partial charge is 0.225 e. The number of hydrogen-bond donors (Lipinski definition) is 2. The number of alkyl halides is 1. The minimum Gasteiger partial charge on any atom is -0.508 e. The molecule has 0 aromatic heterocycles. The first-order valence-electron chi connectivity index (χ1n) is 6.37. The number of carbonyl (C=O) groups is 1. The summed E-state index contributed by atoms with van der Waals surface area (Å²) in [6.07, 6.45) is 1.82. The Hall–Kier alpha value is -1.07. The summed E-state index contributed by atoms with van der Waals surface area (Å²) in [6.45, 7) is 1.34. The molecule has 2 rings (SSSR count). The highest BCUT2D eigenvalue weighted by atomic mass is 79.9. The van der Waals surface area contributed by atoms with Crippen molar-refractivity contribution in [3.63, 3.8) is 0 Å². The highest BCUT2D eigenvalue weighted by Crippen LogP contribution is 2.24. The van der Waals surface area contributed by atoms with Crippen LogP contribution in [0.3, 0.4) is 0 Å². The molecule has 0 bridgehead atoms. The summed E-state index contributed by atoms with van der Waals surface area (Å²) in [5, 5.41) is 13.5. The fourth-order valence-electron chi connectivity index (χ4n) is 2.23. The predicted molar refractivity (Wildman–Crippen MR) is 76.5 cm³/mol. The Bertz CT molecular complexity index is 444. The second-order valence-corrected chi connectivity index (χ2v) is 5.44. The van der Waals surface area contributed by atoms with Gasteiger partial charge in [-0.15, -0.1) is 0 Å². The molecule has 1 fully saturated rings. The van der Waals surface area contributed by atoms with E-state index >= 15 is 0 Å². The van der Waals surface area contributed by atoms with E-state index in [9.17, 15) is 9.90 Å². The lowest BCUT2D eigenvalue weighted by molar-refractivity contribution is -0.123. The lowest BCUT2D eigenvalue weighted by Gasteiger charge is -2.36. The molecule has 1 aromatic carbocycles. The number of para-hydroxylation sites is 1. The number of benzene rings is 1. The van der Waals surface area contributed by atoms with E-state index in [1.165, 1.54) is 0 Å². The first-order valence-corrected chi connectivity index (χ1v) is 7.49. The fourth-order valence-corrected chi connectivity index (χ4v) is 2.93. The maximum atomic E-state index is 12.1. The van der Waals surface area contributed by atoms with Crippen LogP contribution >= 0.6 is 15.9 Å². The number of hydrogen-bond acceptors (Lipinski definition) is 3. The molecule has 1 amide bonds. The van der Waals surface area contributed by atoms with Crippen molar-refractivity contribution in [2.24, 2.45) is 0 Å². The van der Waals surface area contributed by atoms with Crippen LogP contribution in [0, 0.1) is 0 Å². The summed E-state index contributed by atoms with van der Waals surface area (Å²) >= 11 is 3.48. The van der Waals surface area contributed by atoms with Gasteiger partial charge in [-0.2, -0.15) is 0 Å². The van der Waals surface area contributed by atoms with Crippen LogP contribution in [0.15, 0.2) is 24.3 Å². The standard InChI is InChI=1S/C14H18BrNO3/c15-10-14(5-7-19-8-6-14)16-13(18)9-11-3-1-2-4-12(11)17/h1-4,17H,5-10H2,(H,16,18). The molecule has 1 heterocycles. The van der Waals surface area contributed by atoms with E-state index in [-0.39, 0.29) is 23.6 Å². The van der Waals surface area contributed by atoms with E-state index in [0.29, 0.717) is 18.8 Å². The van der Waals surface area contributed by atoms with Gasteiger partial charge in [0.05, 0.1) is 12.0 Å². The molecule has 104 valence electrons. The maximum absolute atomic E-state index is 12.1. The first kappa shape index (κ1) is 14.3. The zero-order valence-electron chi connectivity index (χ0n) is 10.7. The van der Waals surface area contributed by atoms with Crippen molar-refractivity contribution in [1.29, 1.82) is 0 Å². The summed E-state index contributed by atoms with van der Waals surface area (Å²) in [4.78, 5) is 12.1. The SMILES string of the molecule is O=C(Cc1ccccc1O)NC1(CBr)CCOCC1. The summed E-state index contributed by atoms with van der Waals surface area (Å²) in [6, 6.07) is 6.92. The number of phenols is 1. The lowest BCUT2D eigenvalue weighted by Crippen LogP contribution is -2.53. The van der Waals surface area contributed by atoms with E-state index in [1.807, 2.05) is 6.07 Å². The van der Waals surface area contributed by atoms with Crippen molar-refractivity contribution in [2.45, 2.75) is 24.8 Å². The highest BCUT2D eigenvalue weighted by molar-refractivity contribution is 9.09. The molecule has 1 saturated heterocycles. The average Bonchev–Trinajstić information content (AvgIpc) is 2.42. The van der Waals surface area contributed by atoms with Crippen LogP contribution in [-0.2, 0) is 16.0 Å². The molecule has 1 aromatic rings. The van der Waals surface area contributed by atoms with Crippen molar-refractivity contribution in [2.75, 3.05) is 18.5 Å².